The second-order valence-corrected chi connectivity index (χ2v) is 9.61. The van der Waals surface area contributed by atoms with Crippen molar-refractivity contribution in [2.24, 2.45) is 0 Å². The van der Waals surface area contributed by atoms with Crippen LogP contribution < -0.4 is 0 Å². The molecule has 5 aromatic rings. The van der Waals surface area contributed by atoms with E-state index in [4.69, 9.17) is 0 Å². The summed E-state index contributed by atoms with van der Waals surface area (Å²) in [6.45, 7) is 0. The van der Waals surface area contributed by atoms with Crippen LogP contribution in [0.15, 0.2) is 118 Å². The molecule has 6 rings (SSSR count). The number of thioether (sulfide) groups is 1. The molecule has 1 heterocycles. The molecule has 2 heteroatoms. The van der Waals surface area contributed by atoms with Gasteiger partial charge in [0.25, 0.3) is 0 Å². The summed E-state index contributed by atoms with van der Waals surface area (Å²) in [6, 6.07) is 37.6. The Morgan fingerprint density at radius 2 is 1.31 bits per heavy atom. The van der Waals surface area contributed by atoms with Gasteiger partial charge in [0.15, 0.2) is 0 Å². The molecule has 0 bridgehead atoms. The molecule has 0 amide bonds. The van der Waals surface area contributed by atoms with Crippen LogP contribution in [-0.2, 0) is 0 Å². The van der Waals surface area contributed by atoms with Gasteiger partial charge in [-0.05, 0) is 56.9 Å². The number of rotatable bonds is 2. The fraction of sp³-hybridized carbons (Fsp3) is 0.0370. The number of hydrogen-bond acceptors (Lipinski definition) is 2. The molecule has 0 aliphatic carbocycles. The molecule has 0 radical (unpaired) electrons. The maximum Gasteiger partial charge on any atom is 0.0622 e. The molecule has 138 valence electrons. The highest BCUT2D eigenvalue weighted by Crippen LogP contribution is 2.54. The third-order valence-corrected chi connectivity index (χ3v) is 8.01. The van der Waals surface area contributed by atoms with E-state index in [1.165, 1.54) is 47.4 Å². The van der Waals surface area contributed by atoms with Gasteiger partial charge in [0.2, 0.25) is 0 Å². The van der Waals surface area contributed by atoms with Crippen molar-refractivity contribution in [1.29, 1.82) is 0 Å². The molecular weight excluding hydrogens is 388 g/mol. The molecular formula is C27H18S2. The Balaban J connectivity index is 1.55. The summed E-state index contributed by atoms with van der Waals surface area (Å²) in [4.78, 5) is 4.06. The topological polar surface area (TPSA) is 0 Å². The minimum absolute atomic E-state index is 0.287. The highest BCUT2D eigenvalue weighted by Gasteiger charge is 2.28. The zero-order valence-electron chi connectivity index (χ0n) is 15.7. The van der Waals surface area contributed by atoms with E-state index in [0.717, 1.165) is 0 Å². The second kappa shape index (κ2) is 6.98. The Bertz CT molecular complexity index is 1370. The van der Waals surface area contributed by atoms with Crippen LogP contribution in [0.25, 0.3) is 21.5 Å². The SMILES string of the molecule is c1ccc2c(c1)Sc1ccc3ccccc3c1C2Sc1ccc2ccccc2c1. The Morgan fingerprint density at radius 1 is 0.586 bits per heavy atom. The van der Waals surface area contributed by atoms with E-state index in [1.807, 2.05) is 23.5 Å². The summed E-state index contributed by atoms with van der Waals surface area (Å²) in [5.41, 5.74) is 2.87. The van der Waals surface area contributed by atoms with Crippen LogP contribution in [0.4, 0.5) is 0 Å². The van der Waals surface area contributed by atoms with Crippen molar-refractivity contribution in [3.05, 3.63) is 114 Å². The van der Waals surface area contributed by atoms with Crippen LogP contribution >= 0.6 is 23.5 Å². The summed E-state index contributed by atoms with van der Waals surface area (Å²) >= 11 is 3.87. The van der Waals surface area contributed by atoms with Crippen molar-refractivity contribution < 1.29 is 0 Å². The summed E-state index contributed by atoms with van der Waals surface area (Å²) in [5.74, 6) is 0. The largest absolute Gasteiger partial charge is 0.113 e. The lowest BCUT2D eigenvalue weighted by molar-refractivity contribution is 1.04. The van der Waals surface area contributed by atoms with Gasteiger partial charge < -0.3 is 0 Å². The van der Waals surface area contributed by atoms with Crippen LogP contribution in [0.2, 0.25) is 0 Å². The van der Waals surface area contributed by atoms with Gasteiger partial charge in [0.1, 0.15) is 0 Å². The molecule has 0 spiro atoms. The van der Waals surface area contributed by atoms with Crippen molar-refractivity contribution in [2.45, 2.75) is 19.9 Å². The molecule has 1 unspecified atom stereocenters. The maximum atomic E-state index is 2.33. The third kappa shape index (κ3) is 2.95. The quantitative estimate of drug-likeness (QED) is 0.289. The average molecular weight is 407 g/mol. The van der Waals surface area contributed by atoms with Gasteiger partial charge in [-0.2, -0.15) is 0 Å². The molecule has 5 aromatic carbocycles. The normalized spacial score (nSPS) is 15.2. The van der Waals surface area contributed by atoms with Crippen LogP contribution in [0, 0.1) is 0 Å². The Kier molecular flexibility index (Phi) is 4.14. The smallest absolute Gasteiger partial charge is 0.0622 e. The molecule has 1 aliphatic heterocycles. The Hall–Kier alpha value is -2.68. The standard InChI is InChI=1S/C27H18S2/c1-2-9-20-17-21(15-13-18(20)7-1)28-27-23-11-5-6-12-24(23)29-25-16-14-19-8-3-4-10-22(19)26(25)27/h1-17,27H. The fourth-order valence-electron chi connectivity index (χ4n) is 4.20. The van der Waals surface area contributed by atoms with E-state index in [0.29, 0.717) is 0 Å². The van der Waals surface area contributed by atoms with Gasteiger partial charge in [-0.25, -0.2) is 0 Å². The summed E-state index contributed by atoms with van der Waals surface area (Å²) in [5, 5.41) is 5.56. The van der Waals surface area contributed by atoms with E-state index >= 15 is 0 Å². The van der Waals surface area contributed by atoms with E-state index in [-0.39, 0.29) is 5.25 Å². The summed E-state index contributed by atoms with van der Waals surface area (Å²) < 4.78 is 0. The molecule has 0 N–H and O–H groups in total. The summed E-state index contributed by atoms with van der Waals surface area (Å²) in [7, 11) is 0. The number of hydrogen-bond donors (Lipinski definition) is 0. The van der Waals surface area contributed by atoms with Gasteiger partial charge in [-0.3, -0.25) is 0 Å². The first-order valence-electron chi connectivity index (χ1n) is 9.81. The second-order valence-electron chi connectivity index (χ2n) is 7.35. The zero-order valence-corrected chi connectivity index (χ0v) is 17.3. The molecule has 0 fully saturated rings. The van der Waals surface area contributed by atoms with Gasteiger partial charge in [-0.15, -0.1) is 11.8 Å². The van der Waals surface area contributed by atoms with Gasteiger partial charge in [0, 0.05) is 14.7 Å². The van der Waals surface area contributed by atoms with Crippen LogP contribution in [-0.4, -0.2) is 0 Å². The predicted molar refractivity (Wildman–Crippen MR) is 126 cm³/mol. The van der Waals surface area contributed by atoms with Crippen molar-refractivity contribution in [2.75, 3.05) is 0 Å². The lowest BCUT2D eigenvalue weighted by Gasteiger charge is -2.29. The molecule has 1 atom stereocenters. The van der Waals surface area contributed by atoms with E-state index in [2.05, 4.69) is 103 Å². The van der Waals surface area contributed by atoms with Crippen LogP contribution in [0.3, 0.4) is 0 Å². The fourth-order valence-corrected chi connectivity index (χ4v) is 6.83. The molecule has 0 nitrogen and oxygen atoms in total. The molecule has 0 saturated heterocycles. The van der Waals surface area contributed by atoms with E-state index in [1.54, 1.807) is 0 Å². The van der Waals surface area contributed by atoms with Gasteiger partial charge in [0.05, 0.1) is 5.25 Å². The van der Waals surface area contributed by atoms with Crippen molar-refractivity contribution in [1.82, 2.24) is 0 Å². The van der Waals surface area contributed by atoms with Crippen molar-refractivity contribution >= 4 is 45.1 Å². The number of fused-ring (bicyclic) bond motifs is 5. The lowest BCUT2D eigenvalue weighted by atomic mass is 9.97. The highest BCUT2D eigenvalue weighted by molar-refractivity contribution is 8.01. The van der Waals surface area contributed by atoms with Crippen molar-refractivity contribution in [3.8, 4) is 0 Å². The molecule has 0 aromatic heterocycles. The van der Waals surface area contributed by atoms with Crippen LogP contribution in [0.5, 0.6) is 0 Å². The molecule has 0 saturated carbocycles. The first-order chi connectivity index (χ1) is 14.4. The van der Waals surface area contributed by atoms with Gasteiger partial charge in [-0.1, -0.05) is 90.6 Å². The number of benzene rings is 5. The first-order valence-corrected chi connectivity index (χ1v) is 11.5. The first kappa shape index (κ1) is 17.2. The monoisotopic (exact) mass is 406 g/mol. The van der Waals surface area contributed by atoms with E-state index < -0.39 is 0 Å². The predicted octanol–water partition coefficient (Wildman–Crippen LogP) is 8.34. The van der Waals surface area contributed by atoms with Gasteiger partial charge >= 0.3 is 0 Å². The Morgan fingerprint density at radius 3 is 2.24 bits per heavy atom. The zero-order chi connectivity index (χ0) is 19.2. The molecule has 1 aliphatic rings. The average Bonchev–Trinajstić information content (AvgIpc) is 2.78. The minimum atomic E-state index is 0.287. The highest BCUT2D eigenvalue weighted by atomic mass is 32.2. The maximum absolute atomic E-state index is 2.33. The van der Waals surface area contributed by atoms with Crippen LogP contribution in [0.1, 0.15) is 16.4 Å². The van der Waals surface area contributed by atoms with Crippen molar-refractivity contribution in [3.63, 3.8) is 0 Å². The molecule has 29 heavy (non-hydrogen) atoms. The summed E-state index contributed by atoms with van der Waals surface area (Å²) in [6.07, 6.45) is 0. The lowest BCUT2D eigenvalue weighted by Crippen LogP contribution is -2.06. The third-order valence-electron chi connectivity index (χ3n) is 5.59. The Labute approximate surface area is 179 Å². The minimum Gasteiger partial charge on any atom is -0.113 e. The van der Waals surface area contributed by atoms with E-state index in [9.17, 15) is 0 Å².